The summed E-state index contributed by atoms with van der Waals surface area (Å²) in [4.78, 5) is 13.5. The van der Waals surface area contributed by atoms with Crippen molar-refractivity contribution in [2.75, 3.05) is 20.2 Å². The van der Waals surface area contributed by atoms with Crippen molar-refractivity contribution in [2.24, 2.45) is 5.73 Å². The molecular formula is C12H14BrFN2O2S. The highest BCUT2D eigenvalue weighted by Gasteiger charge is 2.11. The van der Waals surface area contributed by atoms with E-state index in [-0.39, 0.29) is 18.3 Å². The average molecular weight is 349 g/mol. The number of benzene rings is 1. The van der Waals surface area contributed by atoms with Gasteiger partial charge in [-0.25, -0.2) is 4.39 Å². The number of halogens is 2. The summed E-state index contributed by atoms with van der Waals surface area (Å²) in [6.07, 6.45) is 0.447. The molecule has 0 fully saturated rings. The van der Waals surface area contributed by atoms with E-state index in [2.05, 4.69) is 15.9 Å². The summed E-state index contributed by atoms with van der Waals surface area (Å²) < 4.78 is 19.2. The predicted octanol–water partition coefficient (Wildman–Crippen LogP) is 2.10. The van der Waals surface area contributed by atoms with Crippen molar-refractivity contribution in [1.29, 1.82) is 0 Å². The fourth-order valence-corrected chi connectivity index (χ4v) is 1.67. The lowest BCUT2D eigenvalue weighted by atomic mass is 10.3. The predicted molar refractivity (Wildman–Crippen MR) is 78.6 cm³/mol. The van der Waals surface area contributed by atoms with Gasteiger partial charge >= 0.3 is 0 Å². The number of likely N-dealkylation sites (N-methyl/N-ethyl adjacent to an activating group) is 1. The summed E-state index contributed by atoms with van der Waals surface area (Å²) >= 11 is 7.93. The van der Waals surface area contributed by atoms with Crippen LogP contribution in [0.15, 0.2) is 22.7 Å². The van der Waals surface area contributed by atoms with Gasteiger partial charge in [-0.1, -0.05) is 28.1 Å². The second-order valence-electron chi connectivity index (χ2n) is 3.90. The minimum atomic E-state index is -0.512. The average Bonchev–Trinajstić information content (AvgIpc) is 2.36. The summed E-state index contributed by atoms with van der Waals surface area (Å²) in [5.41, 5.74) is 5.35. The number of ether oxygens (including phenoxy) is 1. The number of carbonyl (C=O) groups is 1. The van der Waals surface area contributed by atoms with Gasteiger partial charge in [-0.05, 0) is 18.2 Å². The lowest BCUT2D eigenvalue weighted by Crippen LogP contribution is -2.33. The van der Waals surface area contributed by atoms with Crippen LogP contribution in [0, 0.1) is 5.82 Å². The molecule has 0 heterocycles. The van der Waals surface area contributed by atoms with Gasteiger partial charge in [-0.15, -0.1) is 0 Å². The number of nitrogens with two attached hydrogens (primary N) is 1. The molecule has 1 amide bonds. The molecule has 0 saturated carbocycles. The molecule has 1 rings (SSSR count). The third kappa shape index (κ3) is 5.52. The molecule has 0 aliphatic rings. The number of amides is 1. The number of thiocarbonyl (C=S) groups is 1. The molecule has 0 atom stereocenters. The van der Waals surface area contributed by atoms with Gasteiger partial charge in [-0.3, -0.25) is 4.79 Å². The molecule has 0 saturated heterocycles. The topological polar surface area (TPSA) is 55.6 Å². The first-order valence-corrected chi connectivity index (χ1v) is 6.70. The van der Waals surface area contributed by atoms with Crippen LogP contribution >= 0.6 is 28.1 Å². The molecule has 4 nitrogen and oxygen atoms in total. The Bertz CT molecular complexity index is 485. The number of hydrogen-bond acceptors (Lipinski definition) is 3. The van der Waals surface area contributed by atoms with Gasteiger partial charge in [0.05, 0.1) is 4.99 Å². The summed E-state index contributed by atoms with van der Waals surface area (Å²) in [6.45, 7) is 0.180. The molecule has 0 aliphatic carbocycles. The minimum Gasteiger partial charge on any atom is -0.481 e. The van der Waals surface area contributed by atoms with Gasteiger partial charge < -0.3 is 15.4 Å². The van der Waals surface area contributed by atoms with E-state index in [0.29, 0.717) is 22.4 Å². The Morgan fingerprint density at radius 3 is 2.89 bits per heavy atom. The van der Waals surface area contributed by atoms with Crippen LogP contribution in [-0.2, 0) is 4.79 Å². The zero-order chi connectivity index (χ0) is 14.4. The molecule has 0 aromatic heterocycles. The maximum atomic E-state index is 13.4. The van der Waals surface area contributed by atoms with Crippen LogP contribution < -0.4 is 10.5 Å². The number of carbonyl (C=O) groups excluding carboxylic acids is 1. The monoisotopic (exact) mass is 348 g/mol. The van der Waals surface area contributed by atoms with Crippen molar-refractivity contribution in [1.82, 2.24) is 4.90 Å². The molecule has 104 valence electrons. The molecule has 0 aliphatic heterocycles. The Balaban J connectivity index is 2.49. The maximum Gasteiger partial charge on any atom is 0.260 e. The van der Waals surface area contributed by atoms with Crippen molar-refractivity contribution in [3.05, 3.63) is 28.5 Å². The summed E-state index contributed by atoms with van der Waals surface area (Å²) in [7, 11) is 1.61. The van der Waals surface area contributed by atoms with Gasteiger partial charge in [0.2, 0.25) is 0 Å². The lowest BCUT2D eigenvalue weighted by Gasteiger charge is -2.17. The molecule has 0 radical (unpaired) electrons. The first-order valence-electron chi connectivity index (χ1n) is 5.50. The standard InChI is InChI=1S/C12H14BrFN2O2S/c1-16(5-4-11(15)19)12(17)7-18-10-6-8(13)2-3-9(10)14/h2-3,6H,4-5,7H2,1H3,(H2,15,19). The van der Waals surface area contributed by atoms with Crippen LogP contribution in [0.25, 0.3) is 0 Å². The van der Waals surface area contributed by atoms with E-state index >= 15 is 0 Å². The van der Waals surface area contributed by atoms with Gasteiger partial charge in [0, 0.05) is 24.5 Å². The molecule has 0 unspecified atom stereocenters. The molecule has 0 bridgehead atoms. The highest BCUT2D eigenvalue weighted by atomic mass is 79.9. The van der Waals surface area contributed by atoms with Crippen LogP contribution in [0.3, 0.4) is 0 Å². The summed E-state index contributed by atoms with van der Waals surface area (Å²) in [5.74, 6) is -0.747. The Kier molecular flexibility index (Phi) is 6.17. The Labute approximate surface area is 124 Å². The zero-order valence-electron chi connectivity index (χ0n) is 10.4. The van der Waals surface area contributed by atoms with Crippen LogP contribution in [-0.4, -0.2) is 36.0 Å². The number of nitrogens with zero attached hydrogens (tertiary/aromatic N) is 1. The van der Waals surface area contributed by atoms with Crippen LogP contribution in [0.2, 0.25) is 0 Å². The zero-order valence-corrected chi connectivity index (χ0v) is 12.8. The van der Waals surface area contributed by atoms with E-state index in [4.69, 9.17) is 22.7 Å². The van der Waals surface area contributed by atoms with Crippen LogP contribution in [0.1, 0.15) is 6.42 Å². The van der Waals surface area contributed by atoms with Crippen LogP contribution in [0.5, 0.6) is 5.75 Å². The minimum absolute atomic E-state index is 0.0328. The molecule has 1 aromatic carbocycles. The third-order valence-corrected chi connectivity index (χ3v) is 3.06. The van der Waals surface area contributed by atoms with Crippen molar-refractivity contribution in [3.8, 4) is 5.75 Å². The highest BCUT2D eigenvalue weighted by molar-refractivity contribution is 9.10. The van der Waals surface area contributed by atoms with E-state index in [1.165, 1.54) is 17.0 Å². The SMILES string of the molecule is CN(CCC(N)=S)C(=O)COc1cc(Br)ccc1F. The summed E-state index contributed by atoms with van der Waals surface area (Å²) in [5, 5.41) is 0. The molecule has 7 heteroatoms. The molecular weight excluding hydrogens is 335 g/mol. The molecule has 19 heavy (non-hydrogen) atoms. The first kappa shape index (κ1) is 15.8. The van der Waals surface area contributed by atoms with Gasteiger partial charge in [0.15, 0.2) is 18.2 Å². The highest BCUT2D eigenvalue weighted by Crippen LogP contribution is 2.22. The Morgan fingerprint density at radius 2 is 2.26 bits per heavy atom. The second kappa shape index (κ2) is 7.40. The van der Waals surface area contributed by atoms with E-state index < -0.39 is 5.82 Å². The van der Waals surface area contributed by atoms with Crippen molar-refractivity contribution in [3.63, 3.8) is 0 Å². The second-order valence-corrected chi connectivity index (χ2v) is 5.34. The van der Waals surface area contributed by atoms with Gasteiger partial charge in [0.25, 0.3) is 5.91 Å². The first-order chi connectivity index (χ1) is 8.90. The maximum absolute atomic E-state index is 13.4. The normalized spacial score (nSPS) is 10.1. The van der Waals surface area contributed by atoms with Crippen molar-refractivity contribution < 1.29 is 13.9 Å². The smallest absolute Gasteiger partial charge is 0.260 e. The summed E-state index contributed by atoms with van der Waals surface area (Å²) in [6, 6.07) is 4.29. The van der Waals surface area contributed by atoms with Crippen LogP contribution in [0.4, 0.5) is 4.39 Å². The molecule has 2 N–H and O–H groups in total. The Morgan fingerprint density at radius 1 is 1.58 bits per heavy atom. The van der Waals surface area contributed by atoms with E-state index in [1.807, 2.05) is 0 Å². The van der Waals surface area contributed by atoms with Crippen molar-refractivity contribution in [2.45, 2.75) is 6.42 Å². The van der Waals surface area contributed by atoms with E-state index in [0.717, 1.165) is 0 Å². The number of rotatable bonds is 6. The fourth-order valence-electron chi connectivity index (χ4n) is 1.24. The van der Waals surface area contributed by atoms with E-state index in [1.54, 1.807) is 13.1 Å². The molecule has 1 aromatic rings. The number of hydrogen-bond donors (Lipinski definition) is 1. The molecule has 0 spiro atoms. The van der Waals surface area contributed by atoms with E-state index in [9.17, 15) is 9.18 Å². The van der Waals surface area contributed by atoms with Gasteiger partial charge in [-0.2, -0.15) is 0 Å². The third-order valence-electron chi connectivity index (χ3n) is 2.36. The van der Waals surface area contributed by atoms with Crippen molar-refractivity contribution >= 4 is 39.0 Å². The van der Waals surface area contributed by atoms with Gasteiger partial charge in [0.1, 0.15) is 0 Å². The fraction of sp³-hybridized carbons (Fsp3) is 0.333. The lowest BCUT2D eigenvalue weighted by molar-refractivity contribution is -0.132. The Hall–Kier alpha value is -1.21. The largest absolute Gasteiger partial charge is 0.481 e. The quantitative estimate of drug-likeness (QED) is 0.800.